The molecular formula is C28H28F3N3O4. The number of benzene rings is 2. The second-order valence-corrected chi connectivity index (χ2v) is 9.47. The summed E-state index contributed by atoms with van der Waals surface area (Å²) in [5, 5.41) is 0. The molecule has 0 saturated carbocycles. The van der Waals surface area contributed by atoms with E-state index in [4.69, 9.17) is 19.2 Å². The van der Waals surface area contributed by atoms with Gasteiger partial charge in [0, 0.05) is 54.0 Å². The molecule has 3 aromatic rings. The molecule has 0 spiro atoms. The van der Waals surface area contributed by atoms with E-state index in [0.29, 0.717) is 54.4 Å². The number of carbonyl (C=O) groups is 1. The third kappa shape index (κ3) is 5.12. The van der Waals surface area contributed by atoms with Gasteiger partial charge in [0.05, 0.1) is 32.0 Å². The fourth-order valence-corrected chi connectivity index (χ4v) is 5.19. The number of aryl methyl sites for hydroxylation is 1. The summed E-state index contributed by atoms with van der Waals surface area (Å²) in [4.78, 5) is 22.6. The molecule has 0 N–H and O–H groups in total. The number of alkyl halides is 3. The minimum atomic E-state index is -4.60. The molecular weight excluding hydrogens is 499 g/mol. The minimum absolute atomic E-state index is 0.0207. The monoisotopic (exact) mass is 527 g/mol. The molecule has 2 heterocycles. The number of fused-ring (bicyclic) bond motifs is 1. The molecule has 1 aliphatic heterocycles. The Morgan fingerprint density at radius 3 is 2.42 bits per heavy atom. The molecule has 38 heavy (non-hydrogen) atoms. The Morgan fingerprint density at radius 1 is 1.03 bits per heavy atom. The van der Waals surface area contributed by atoms with Crippen molar-refractivity contribution < 1.29 is 32.2 Å². The molecule has 10 heteroatoms. The molecule has 1 aliphatic carbocycles. The normalized spacial score (nSPS) is 16.9. The molecule has 0 unspecified atom stereocenters. The molecule has 1 fully saturated rings. The van der Waals surface area contributed by atoms with Gasteiger partial charge in [0.2, 0.25) is 0 Å². The lowest BCUT2D eigenvalue weighted by atomic mass is 10.0. The zero-order valence-electron chi connectivity index (χ0n) is 21.4. The van der Waals surface area contributed by atoms with Gasteiger partial charge in [-0.25, -0.2) is 9.97 Å². The van der Waals surface area contributed by atoms with Crippen molar-refractivity contribution in [1.29, 1.82) is 0 Å². The number of rotatable bonds is 6. The first-order chi connectivity index (χ1) is 18.2. The smallest absolute Gasteiger partial charge is 0.417 e. The number of carbonyl (C=O) groups excluding carboxylic acids is 1. The van der Waals surface area contributed by atoms with Gasteiger partial charge >= 0.3 is 12.1 Å². The maximum Gasteiger partial charge on any atom is 0.417 e. The molecule has 1 saturated heterocycles. The zero-order chi connectivity index (χ0) is 27.0. The summed E-state index contributed by atoms with van der Waals surface area (Å²) < 4.78 is 58.7. The second kappa shape index (κ2) is 10.2. The molecule has 5 rings (SSSR count). The van der Waals surface area contributed by atoms with Crippen LogP contribution in [0.3, 0.4) is 0 Å². The van der Waals surface area contributed by atoms with Crippen molar-refractivity contribution in [1.82, 2.24) is 9.97 Å². The number of esters is 1. The summed E-state index contributed by atoms with van der Waals surface area (Å²) in [6.45, 7) is 2.31. The van der Waals surface area contributed by atoms with Crippen molar-refractivity contribution in [2.24, 2.45) is 0 Å². The van der Waals surface area contributed by atoms with E-state index >= 15 is 0 Å². The zero-order valence-corrected chi connectivity index (χ0v) is 21.4. The fourth-order valence-electron chi connectivity index (χ4n) is 5.19. The Hall–Kier alpha value is -3.82. The molecule has 1 aromatic heterocycles. The van der Waals surface area contributed by atoms with Crippen LogP contribution in [0, 0.1) is 0 Å². The lowest BCUT2D eigenvalue weighted by Crippen LogP contribution is -2.24. The Labute approximate surface area is 218 Å². The number of aromatic nitrogens is 2. The van der Waals surface area contributed by atoms with Crippen LogP contribution in [0.1, 0.15) is 36.6 Å². The molecule has 0 radical (unpaired) electrons. The Balaban J connectivity index is 1.63. The van der Waals surface area contributed by atoms with Gasteiger partial charge in [-0.05, 0) is 49.6 Å². The minimum Gasteiger partial charge on any atom is -0.497 e. The van der Waals surface area contributed by atoms with Crippen molar-refractivity contribution in [2.45, 2.75) is 44.9 Å². The number of nitrogens with zero attached hydrogens (tertiary/aromatic N) is 3. The Kier molecular flexibility index (Phi) is 6.90. The first-order valence-electron chi connectivity index (χ1n) is 12.4. The number of anilines is 1. The second-order valence-electron chi connectivity index (χ2n) is 9.47. The fraction of sp³-hybridized carbons (Fsp3) is 0.393. The Morgan fingerprint density at radius 2 is 1.76 bits per heavy atom. The van der Waals surface area contributed by atoms with Gasteiger partial charge in [-0.3, -0.25) is 4.79 Å². The van der Waals surface area contributed by atoms with Crippen molar-refractivity contribution in [3.05, 3.63) is 53.2 Å². The van der Waals surface area contributed by atoms with Crippen LogP contribution in [0.25, 0.3) is 22.6 Å². The van der Waals surface area contributed by atoms with Crippen LogP contribution >= 0.6 is 0 Å². The maximum absolute atomic E-state index is 14.2. The van der Waals surface area contributed by atoms with E-state index in [1.807, 2.05) is 4.90 Å². The predicted octanol–water partition coefficient (Wildman–Crippen LogP) is 5.48. The summed E-state index contributed by atoms with van der Waals surface area (Å²) in [5.74, 6) is 0.756. The van der Waals surface area contributed by atoms with E-state index < -0.39 is 11.7 Å². The highest BCUT2D eigenvalue weighted by molar-refractivity contribution is 5.74. The van der Waals surface area contributed by atoms with Crippen LogP contribution in [0.15, 0.2) is 36.4 Å². The Bertz CT molecular complexity index is 1350. The molecule has 7 nitrogen and oxygen atoms in total. The van der Waals surface area contributed by atoms with Gasteiger partial charge in [-0.1, -0.05) is 0 Å². The van der Waals surface area contributed by atoms with E-state index in [-0.39, 0.29) is 23.5 Å². The van der Waals surface area contributed by atoms with E-state index in [2.05, 4.69) is 4.98 Å². The number of ether oxygens (including phenoxy) is 3. The quantitative estimate of drug-likeness (QED) is 0.393. The van der Waals surface area contributed by atoms with Crippen LogP contribution in [-0.4, -0.2) is 49.4 Å². The van der Waals surface area contributed by atoms with Crippen LogP contribution in [0.2, 0.25) is 0 Å². The van der Waals surface area contributed by atoms with Gasteiger partial charge in [0.15, 0.2) is 5.82 Å². The highest BCUT2D eigenvalue weighted by Gasteiger charge is 2.36. The van der Waals surface area contributed by atoms with Crippen molar-refractivity contribution >= 4 is 11.7 Å². The van der Waals surface area contributed by atoms with Crippen LogP contribution in [0.4, 0.5) is 18.9 Å². The van der Waals surface area contributed by atoms with Gasteiger partial charge in [-0.15, -0.1) is 0 Å². The van der Waals surface area contributed by atoms with Crippen molar-refractivity contribution in [3.63, 3.8) is 0 Å². The van der Waals surface area contributed by atoms with Crippen LogP contribution in [-0.2, 0) is 28.5 Å². The largest absolute Gasteiger partial charge is 0.497 e. The summed E-state index contributed by atoms with van der Waals surface area (Å²) in [6.07, 6.45) is -2.05. The number of methoxy groups -OCH3 is 2. The standard InChI is InChI=1S/C28H28F3N3O4/c1-16(35)38-19-9-10-34(15-19)18-7-8-24(28(29,30)31)23(13-18)27-32-25-6-4-5-22(25)26(33-27)17-11-20(36-2)14-21(12-17)37-3/h7-8,11-14,19H,4-6,9-10,15H2,1-3H3/t19-/m0/s1. The topological polar surface area (TPSA) is 73.8 Å². The number of hydrogen-bond acceptors (Lipinski definition) is 7. The first kappa shape index (κ1) is 25.8. The molecule has 2 aliphatic rings. The van der Waals surface area contributed by atoms with Gasteiger partial charge in [-0.2, -0.15) is 13.2 Å². The van der Waals surface area contributed by atoms with E-state index in [9.17, 15) is 18.0 Å². The molecule has 1 atom stereocenters. The summed E-state index contributed by atoms with van der Waals surface area (Å²) in [7, 11) is 3.08. The lowest BCUT2D eigenvalue weighted by molar-refractivity contribution is -0.145. The van der Waals surface area contributed by atoms with E-state index in [0.717, 1.165) is 30.2 Å². The number of halogens is 3. The predicted molar refractivity (Wildman–Crippen MR) is 135 cm³/mol. The van der Waals surface area contributed by atoms with Crippen LogP contribution in [0.5, 0.6) is 11.5 Å². The third-order valence-electron chi connectivity index (χ3n) is 6.95. The average Bonchev–Trinajstić information content (AvgIpc) is 3.56. The maximum atomic E-state index is 14.2. The third-order valence-corrected chi connectivity index (χ3v) is 6.95. The van der Waals surface area contributed by atoms with Crippen molar-refractivity contribution in [2.75, 3.05) is 32.2 Å². The van der Waals surface area contributed by atoms with Crippen molar-refractivity contribution in [3.8, 4) is 34.1 Å². The highest BCUT2D eigenvalue weighted by atomic mass is 19.4. The lowest BCUT2D eigenvalue weighted by Gasteiger charge is -2.22. The SMILES string of the molecule is COc1cc(OC)cc(-c2nc(-c3cc(N4CC[C@H](OC(C)=O)C4)ccc3C(F)(F)F)nc3c2CCC3)c1. The summed E-state index contributed by atoms with van der Waals surface area (Å²) in [5.41, 5.74) is 2.65. The van der Waals surface area contributed by atoms with Crippen LogP contribution < -0.4 is 14.4 Å². The average molecular weight is 528 g/mol. The van der Waals surface area contributed by atoms with E-state index in [1.54, 1.807) is 32.4 Å². The molecule has 2 aromatic carbocycles. The van der Waals surface area contributed by atoms with Gasteiger partial charge < -0.3 is 19.1 Å². The summed E-state index contributed by atoms with van der Waals surface area (Å²) >= 11 is 0. The molecule has 0 amide bonds. The molecule has 200 valence electrons. The molecule has 0 bridgehead atoms. The summed E-state index contributed by atoms with van der Waals surface area (Å²) in [6, 6.07) is 9.35. The van der Waals surface area contributed by atoms with Gasteiger partial charge in [0.1, 0.15) is 17.6 Å². The first-order valence-corrected chi connectivity index (χ1v) is 12.4. The highest BCUT2D eigenvalue weighted by Crippen LogP contribution is 2.41. The van der Waals surface area contributed by atoms with Gasteiger partial charge in [0.25, 0.3) is 0 Å². The van der Waals surface area contributed by atoms with E-state index in [1.165, 1.54) is 19.1 Å². The number of hydrogen-bond donors (Lipinski definition) is 0.